The van der Waals surface area contributed by atoms with E-state index in [1.807, 2.05) is 60.3 Å². The predicted molar refractivity (Wildman–Crippen MR) is 106 cm³/mol. The summed E-state index contributed by atoms with van der Waals surface area (Å²) in [5.74, 6) is 1.95. The Kier molecular flexibility index (Phi) is 5.03. The summed E-state index contributed by atoms with van der Waals surface area (Å²) in [6, 6.07) is 11.5. The number of rotatable bonds is 6. The molecule has 4 rings (SSSR count). The number of aromatic nitrogens is 5. The van der Waals surface area contributed by atoms with Crippen LogP contribution < -0.4 is 10.1 Å². The molecule has 0 spiro atoms. The van der Waals surface area contributed by atoms with Crippen molar-refractivity contribution >= 4 is 34.0 Å². The zero-order valence-electron chi connectivity index (χ0n) is 14.7. The number of nitrogens with zero attached hydrogens (tertiary/aromatic N) is 5. The van der Waals surface area contributed by atoms with Crippen LogP contribution in [0, 0.1) is 6.92 Å². The zero-order valence-corrected chi connectivity index (χ0v) is 16.3. The number of thiazole rings is 1. The Balaban J connectivity index is 1.65. The molecule has 136 valence electrons. The monoisotopic (exact) mass is 396 g/mol. The third-order valence-electron chi connectivity index (χ3n) is 3.52. The first-order valence-corrected chi connectivity index (χ1v) is 9.81. The van der Waals surface area contributed by atoms with E-state index in [0.29, 0.717) is 11.6 Å². The van der Waals surface area contributed by atoms with Crippen LogP contribution in [-0.2, 0) is 7.05 Å². The standard InChI is InChI=1S/C18H16N6OS2/c1-12-10-26-17(21-12)22-16-15(25-13-6-4-3-5-7-13)8-14(9-19-16)27-18-23-20-11-24(18)2/h3-11H,1-2H3,(H,19,21,22). The van der Waals surface area contributed by atoms with Crippen molar-refractivity contribution in [3.05, 3.63) is 60.0 Å². The van der Waals surface area contributed by atoms with Crippen molar-refractivity contribution in [3.63, 3.8) is 0 Å². The molecule has 0 aliphatic carbocycles. The molecule has 0 aliphatic heterocycles. The van der Waals surface area contributed by atoms with Crippen LogP contribution in [0.4, 0.5) is 10.9 Å². The van der Waals surface area contributed by atoms with Gasteiger partial charge < -0.3 is 14.6 Å². The van der Waals surface area contributed by atoms with Crippen molar-refractivity contribution in [2.75, 3.05) is 5.32 Å². The van der Waals surface area contributed by atoms with Crippen LogP contribution in [0.25, 0.3) is 0 Å². The van der Waals surface area contributed by atoms with Gasteiger partial charge in [-0.2, -0.15) is 0 Å². The number of ether oxygens (including phenoxy) is 1. The van der Waals surface area contributed by atoms with E-state index in [4.69, 9.17) is 4.74 Å². The van der Waals surface area contributed by atoms with Crippen molar-refractivity contribution in [1.82, 2.24) is 24.7 Å². The molecule has 1 N–H and O–H groups in total. The van der Waals surface area contributed by atoms with Gasteiger partial charge in [-0.1, -0.05) is 18.2 Å². The highest BCUT2D eigenvalue weighted by Crippen LogP contribution is 2.35. The molecule has 0 saturated heterocycles. The summed E-state index contributed by atoms with van der Waals surface area (Å²) in [4.78, 5) is 9.88. The maximum Gasteiger partial charge on any atom is 0.195 e. The molecule has 0 bridgehead atoms. The summed E-state index contributed by atoms with van der Waals surface area (Å²) >= 11 is 3.00. The zero-order chi connectivity index (χ0) is 18.6. The summed E-state index contributed by atoms with van der Waals surface area (Å²) < 4.78 is 7.93. The maximum absolute atomic E-state index is 6.07. The van der Waals surface area contributed by atoms with Gasteiger partial charge in [-0.3, -0.25) is 0 Å². The van der Waals surface area contributed by atoms with Crippen LogP contribution >= 0.6 is 23.1 Å². The molecule has 9 heteroatoms. The topological polar surface area (TPSA) is 77.8 Å². The van der Waals surface area contributed by atoms with Gasteiger partial charge in [0.1, 0.15) is 12.1 Å². The van der Waals surface area contributed by atoms with Crippen molar-refractivity contribution < 1.29 is 4.74 Å². The average Bonchev–Trinajstić information content (AvgIpc) is 3.26. The van der Waals surface area contributed by atoms with E-state index in [0.717, 1.165) is 26.6 Å². The quantitative estimate of drug-likeness (QED) is 0.508. The maximum atomic E-state index is 6.07. The summed E-state index contributed by atoms with van der Waals surface area (Å²) in [6.07, 6.45) is 3.44. The van der Waals surface area contributed by atoms with Gasteiger partial charge in [0.25, 0.3) is 0 Å². The Morgan fingerprint density at radius 3 is 2.78 bits per heavy atom. The minimum absolute atomic E-state index is 0.607. The molecule has 0 fully saturated rings. The molecular weight excluding hydrogens is 380 g/mol. The van der Waals surface area contributed by atoms with Gasteiger partial charge in [0.15, 0.2) is 21.9 Å². The first-order valence-electron chi connectivity index (χ1n) is 8.11. The SMILES string of the molecule is Cc1csc(Nc2ncc(Sc3nncn3C)cc2Oc2ccccc2)n1. The van der Waals surface area contributed by atoms with Gasteiger partial charge in [-0.15, -0.1) is 21.5 Å². The molecule has 0 saturated carbocycles. The Morgan fingerprint density at radius 1 is 1.22 bits per heavy atom. The van der Waals surface area contributed by atoms with Gasteiger partial charge in [0, 0.05) is 29.6 Å². The van der Waals surface area contributed by atoms with Crippen molar-refractivity contribution in [3.8, 4) is 11.5 Å². The molecule has 0 unspecified atom stereocenters. The average molecular weight is 397 g/mol. The fourth-order valence-electron chi connectivity index (χ4n) is 2.25. The fraction of sp³-hybridized carbons (Fsp3) is 0.111. The minimum atomic E-state index is 0.607. The predicted octanol–water partition coefficient (Wildman–Crippen LogP) is 4.66. The first-order chi connectivity index (χ1) is 13.2. The highest BCUT2D eigenvalue weighted by atomic mass is 32.2. The lowest BCUT2D eigenvalue weighted by Gasteiger charge is -2.12. The lowest BCUT2D eigenvalue weighted by atomic mass is 10.3. The number of nitrogens with one attached hydrogen (secondary N) is 1. The number of anilines is 2. The largest absolute Gasteiger partial charge is 0.453 e. The molecule has 1 aromatic carbocycles. The molecule has 0 amide bonds. The third kappa shape index (κ3) is 4.26. The number of benzene rings is 1. The van der Waals surface area contributed by atoms with E-state index in [9.17, 15) is 0 Å². The normalized spacial score (nSPS) is 10.7. The number of hydrogen-bond donors (Lipinski definition) is 1. The molecule has 3 aromatic heterocycles. The molecule has 7 nitrogen and oxygen atoms in total. The van der Waals surface area contributed by atoms with Crippen molar-refractivity contribution in [1.29, 1.82) is 0 Å². The second kappa shape index (κ2) is 7.77. The Morgan fingerprint density at radius 2 is 2.07 bits per heavy atom. The Labute approximate surface area is 164 Å². The molecule has 0 aliphatic rings. The second-order valence-electron chi connectivity index (χ2n) is 5.68. The van der Waals surface area contributed by atoms with E-state index in [1.54, 1.807) is 12.5 Å². The van der Waals surface area contributed by atoms with Gasteiger partial charge >= 0.3 is 0 Å². The van der Waals surface area contributed by atoms with Crippen LogP contribution in [0.2, 0.25) is 0 Å². The van der Waals surface area contributed by atoms with E-state index in [-0.39, 0.29) is 0 Å². The lowest BCUT2D eigenvalue weighted by molar-refractivity contribution is 0.481. The Hall–Kier alpha value is -2.91. The summed E-state index contributed by atoms with van der Waals surface area (Å²) in [7, 11) is 1.90. The van der Waals surface area contributed by atoms with Gasteiger partial charge in [-0.05, 0) is 30.8 Å². The Bertz CT molecular complexity index is 1050. The third-order valence-corrected chi connectivity index (χ3v) is 5.41. The van der Waals surface area contributed by atoms with Crippen LogP contribution in [0.5, 0.6) is 11.5 Å². The summed E-state index contributed by atoms with van der Waals surface area (Å²) in [5, 5.41) is 14.8. The van der Waals surface area contributed by atoms with E-state index in [1.165, 1.54) is 23.1 Å². The smallest absolute Gasteiger partial charge is 0.195 e. The molecule has 4 aromatic rings. The minimum Gasteiger partial charge on any atom is -0.453 e. The van der Waals surface area contributed by atoms with E-state index in [2.05, 4.69) is 25.5 Å². The highest BCUT2D eigenvalue weighted by molar-refractivity contribution is 7.99. The highest BCUT2D eigenvalue weighted by Gasteiger charge is 2.13. The first kappa shape index (κ1) is 17.5. The van der Waals surface area contributed by atoms with Gasteiger partial charge in [-0.25, -0.2) is 9.97 Å². The number of hydrogen-bond acceptors (Lipinski definition) is 8. The molecule has 0 atom stereocenters. The van der Waals surface area contributed by atoms with Crippen LogP contribution in [0.1, 0.15) is 5.69 Å². The molecule has 27 heavy (non-hydrogen) atoms. The van der Waals surface area contributed by atoms with Crippen LogP contribution in [0.3, 0.4) is 0 Å². The van der Waals surface area contributed by atoms with Crippen LogP contribution in [0.15, 0.2) is 64.4 Å². The summed E-state index contributed by atoms with van der Waals surface area (Å²) in [6.45, 7) is 1.96. The van der Waals surface area contributed by atoms with E-state index >= 15 is 0 Å². The molecular formula is C18H16N6OS2. The fourth-order valence-corrected chi connectivity index (χ4v) is 3.70. The number of aryl methyl sites for hydroxylation is 2. The second-order valence-corrected chi connectivity index (χ2v) is 7.58. The lowest BCUT2D eigenvalue weighted by Crippen LogP contribution is -1.98. The van der Waals surface area contributed by atoms with E-state index < -0.39 is 0 Å². The van der Waals surface area contributed by atoms with Gasteiger partial charge in [0.05, 0.1) is 5.69 Å². The molecule has 3 heterocycles. The number of pyridine rings is 1. The number of para-hydroxylation sites is 1. The van der Waals surface area contributed by atoms with Crippen LogP contribution in [-0.4, -0.2) is 24.7 Å². The van der Waals surface area contributed by atoms with Gasteiger partial charge in [0.2, 0.25) is 0 Å². The van der Waals surface area contributed by atoms with Crippen molar-refractivity contribution in [2.24, 2.45) is 7.05 Å². The summed E-state index contributed by atoms with van der Waals surface area (Å²) in [5.41, 5.74) is 0.961. The van der Waals surface area contributed by atoms with Crippen molar-refractivity contribution in [2.45, 2.75) is 17.0 Å². The molecule has 0 radical (unpaired) electrons.